The number of carboxylic acid groups (broad SMARTS) is 1. The maximum absolute atomic E-state index is 12.0. The lowest BCUT2D eigenvalue weighted by atomic mass is 10.1. The topological polar surface area (TPSA) is 79.3 Å². The fourth-order valence-electron chi connectivity index (χ4n) is 1.81. The highest BCUT2D eigenvalue weighted by Crippen LogP contribution is 2.08. The van der Waals surface area contributed by atoms with Gasteiger partial charge >= 0.3 is 5.97 Å². The lowest BCUT2D eigenvalue weighted by molar-refractivity contribution is 0.0696. The van der Waals surface area contributed by atoms with Crippen LogP contribution in [-0.2, 0) is 6.54 Å². The van der Waals surface area contributed by atoms with E-state index in [-0.39, 0.29) is 18.0 Å². The van der Waals surface area contributed by atoms with Crippen LogP contribution >= 0.6 is 0 Å². The number of aryl methyl sites for hydroxylation is 1. The summed E-state index contributed by atoms with van der Waals surface area (Å²) in [5, 5.41) is 11.6. The molecule has 0 saturated heterocycles. The number of carbonyl (C=O) groups is 2. The summed E-state index contributed by atoms with van der Waals surface area (Å²) in [6.07, 6.45) is 2.81. The highest BCUT2D eigenvalue weighted by molar-refractivity contribution is 5.95. The number of aromatic nitrogens is 1. The van der Waals surface area contributed by atoms with Gasteiger partial charge in [0.15, 0.2) is 0 Å². The van der Waals surface area contributed by atoms with E-state index in [0.29, 0.717) is 11.1 Å². The van der Waals surface area contributed by atoms with Gasteiger partial charge in [0.2, 0.25) is 0 Å². The highest BCUT2D eigenvalue weighted by Gasteiger charge is 2.09. The zero-order valence-electron chi connectivity index (χ0n) is 13.0. The van der Waals surface area contributed by atoms with E-state index in [9.17, 15) is 9.59 Å². The zero-order valence-corrected chi connectivity index (χ0v) is 13.0. The molecule has 0 aliphatic carbocycles. The minimum absolute atomic E-state index is 0.104. The van der Waals surface area contributed by atoms with Gasteiger partial charge in [-0.1, -0.05) is 32.0 Å². The van der Waals surface area contributed by atoms with Crippen molar-refractivity contribution in [3.05, 3.63) is 65.0 Å². The Labute approximate surface area is 130 Å². The lowest BCUT2D eigenvalue weighted by Gasteiger charge is -2.07. The van der Waals surface area contributed by atoms with Crippen molar-refractivity contribution in [1.82, 2.24) is 10.3 Å². The summed E-state index contributed by atoms with van der Waals surface area (Å²) in [4.78, 5) is 26.7. The Morgan fingerprint density at radius 3 is 2.50 bits per heavy atom. The first kappa shape index (κ1) is 17.4. The molecule has 0 aliphatic rings. The van der Waals surface area contributed by atoms with Crippen molar-refractivity contribution in [1.29, 1.82) is 0 Å². The first-order valence-electron chi connectivity index (χ1n) is 7.09. The minimum Gasteiger partial charge on any atom is -0.478 e. The third-order valence-corrected chi connectivity index (χ3v) is 2.88. The summed E-state index contributed by atoms with van der Waals surface area (Å²) in [5.41, 5.74) is 2.25. The van der Waals surface area contributed by atoms with Gasteiger partial charge in [-0.2, -0.15) is 0 Å². The molecule has 2 aromatic rings. The summed E-state index contributed by atoms with van der Waals surface area (Å²) in [6, 6.07) is 8.77. The third kappa shape index (κ3) is 4.70. The van der Waals surface area contributed by atoms with Crippen molar-refractivity contribution in [3.63, 3.8) is 0 Å². The van der Waals surface area contributed by atoms with Crippen molar-refractivity contribution >= 4 is 11.9 Å². The lowest BCUT2D eigenvalue weighted by Crippen LogP contribution is -2.23. The number of amides is 1. The molecule has 0 spiro atoms. The second kappa shape index (κ2) is 8.56. The first-order chi connectivity index (χ1) is 10.6. The van der Waals surface area contributed by atoms with Gasteiger partial charge in [-0.15, -0.1) is 0 Å². The SMILES string of the molecule is CC.Cc1ccccc1C(=O)NCc1cncc(C(=O)O)c1. The van der Waals surface area contributed by atoms with Gasteiger partial charge in [0.25, 0.3) is 5.91 Å². The number of carboxylic acids is 1. The third-order valence-electron chi connectivity index (χ3n) is 2.88. The maximum atomic E-state index is 12.0. The molecule has 5 heteroatoms. The Morgan fingerprint density at radius 2 is 1.86 bits per heavy atom. The summed E-state index contributed by atoms with van der Waals surface area (Å²) in [5.74, 6) is -1.23. The van der Waals surface area contributed by atoms with Crippen LogP contribution in [0.25, 0.3) is 0 Å². The van der Waals surface area contributed by atoms with E-state index in [1.807, 2.05) is 32.9 Å². The first-order valence-corrected chi connectivity index (χ1v) is 7.09. The molecule has 5 nitrogen and oxygen atoms in total. The van der Waals surface area contributed by atoms with Gasteiger partial charge in [0, 0.05) is 24.5 Å². The van der Waals surface area contributed by atoms with Gasteiger partial charge < -0.3 is 10.4 Å². The van der Waals surface area contributed by atoms with E-state index in [1.54, 1.807) is 12.1 Å². The van der Waals surface area contributed by atoms with Crippen molar-refractivity contribution in [2.24, 2.45) is 0 Å². The molecular weight excluding hydrogens is 280 g/mol. The Kier molecular flexibility index (Phi) is 6.76. The van der Waals surface area contributed by atoms with Crippen LogP contribution < -0.4 is 5.32 Å². The normalized spacial score (nSPS) is 9.41. The van der Waals surface area contributed by atoms with Crippen LogP contribution in [0.2, 0.25) is 0 Å². The molecule has 0 fully saturated rings. The van der Waals surface area contributed by atoms with Crippen LogP contribution in [0.15, 0.2) is 42.7 Å². The van der Waals surface area contributed by atoms with Crippen LogP contribution in [0, 0.1) is 6.92 Å². The molecule has 0 aliphatic heterocycles. The van der Waals surface area contributed by atoms with E-state index in [1.165, 1.54) is 18.5 Å². The van der Waals surface area contributed by atoms with Crippen LogP contribution in [0.5, 0.6) is 0 Å². The number of benzene rings is 1. The fourth-order valence-corrected chi connectivity index (χ4v) is 1.81. The molecule has 116 valence electrons. The predicted octanol–water partition coefficient (Wildman–Crippen LogP) is 3.04. The summed E-state index contributed by atoms with van der Waals surface area (Å²) >= 11 is 0. The van der Waals surface area contributed by atoms with E-state index in [4.69, 9.17) is 5.11 Å². The Hall–Kier alpha value is -2.69. The number of nitrogens with zero attached hydrogens (tertiary/aromatic N) is 1. The van der Waals surface area contributed by atoms with Gasteiger partial charge in [-0.3, -0.25) is 9.78 Å². The second-order valence-corrected chi connectivity index (χ2v) is 4.38. The number of aromatic carboxylic acids is 1. The maximum Gasteiger partial charge on any atom is 0.337 e. The molecule has 0 bridgehead atoms. The number of hydrogen-bond acceptors (Lipinski definition) is 3. The van der Waals surface area contributed by atoms with Crippen molar-refractivity contribution < 1.29 is 14.7 Å². The van der Waals surface area contributed by atoms with Crippen LogP contribution in [-0.4, -0.2) is 22.0 Å². The molecule has 2 rings (SSSR count). The van der Waals surface area contributed by atoms with Crippen molar-refractivity contribution in [3.8, 4) is 0 Å². The van der Waals surface area contributed by atoms with E-state index in [2.05, 4.69) is 10.3 Å². The van der Waals surface area contributed by atoms with E-state index >= 15 is 0 Å². The molecule has 2 N–H and O–H groups in total. The smallest absolute Gasteiger partial charge is 0.337 e. The molecule has 0 unspecified atom stereocenters. The Bertz CT molecular complexity index is 654. The fraction of sp³-hybridized carbons (Fsp3) is 0.235. The van der Waals surface area contributed by atoms with Crippen LogP contribution in [0.3, 0.4) is 0 Å². The average Bonchev–Trinajstić information content (AvgIpc) is 2.55. The van der Waals surface area contributed by atoms with Gasteiger partial charge in [0.05, 0.1) is 5.56 Å². The largest absolute Gasteiger partial charge is 0.478 e. The van der Waals surface area contributed by atoms with Gasteiger partial charge in [-0.05, 0) is 30.2 Å². The second-order valence-electron chi connectivity index (χ2n) is 4.38. The van der Waals surface area contributed by atoms with E-state index in [0.717, 1.165) is 5.56 Å². The number of hydrogen-bond donors (Lipinski definition) is 2. The molecule has 0 atom stereocenters. The predicted molar refractivity (Wildman–Crippen MR) is 84.9 cm³/mol. The Balaban J connectivity index is 0.00000116. The molecule has 0 radical (unpaired) electrons. The average molecular weight is 300 g/mol. The van der Waals surface area contributed by atoms with Crippen molar-refractivity contribution in [2.45, 2.75) is 27.3 Å². The van der Waals surface area contributed by atoms with E-state index < -0.39 is 5.97 Å². The minimum atomic E-state index is -1.04. The molecule has 1 heterocycles. The molecule has 1 amide bonds. The van der Waals surface area contributed by atoms with Gasteiger partial charge in [-0.25, -0.2) is 4.79 Å². The summed E-state index contributed by atoms with van der Waals surface area (Å²) in [7, 11) is 0. The number of rotatable bonds is 4. The number of pyridine rings is 1. The number of nitrogens with one attached hydrogen (secondary N) is 1. The molecule has 22 heavy (non-hydrogen) atoms. The zero-order chi connectivity index (χ0) is 16.5. The highest BCUT2D eigenvalue weighted by atomic mass is 16.4. The Morgan fingerprint density at radius 1 is 1.18 bits per heavy atom. The van der Waals surface area contributed by atoms with Gasteiger partial charge in [0.1, 0.15) is 0 Å². The molecule has 0 saturated carbocycles. The summed E-state index contributed by atoms with van der Waals surface area (Å²) < 4.78 is 0. The van der Waals surface area contributed by atoms with Crippen LogP contribution in [0.4, 0.5) is 0 Å². The quantitative estimate of drug-likeness (QED) is 0.909. The molecular formula is C17H20N2O3. The molecule has 1 aromatic carbocycles. The van der Waals surface area contributed by atoms with Crippen LogP contribution in [0.1, 0.15) is 45.7 Å². The number of carbonyl (C=O) groups excluding carboxylic acids is 1. The van der Waals surface area contributed by atoms with Crippen molar-refractivity contribution in [2.75, 3.05) is 0 Å². The monoisotopic (exact) mass is 300 g/mol. The summed E-state index contributed by atoms with van der Waals surface area (Å²) in [6.45, 7) is 6.10. The standard InChI is InChI=1S/C15H14N2O3.C2H6/c1-10-4-2-3-5-13(10)14(18)17-8-11-6-12(15(19)20)9-16-7-11;1-2/h2-7,9H,8H2,1H3,(H,17,18)(H,19,20);1-2H3. The molecule has 1 aromatic heterocycles.